The van der Waals surface area contributed by atoms with Gasteiger partial charge in [0.1, 0.15) is 0 Å². The molecule has 0 radical (unpaired) electrons. The van der Waals surface area contributed by atoms with Crippen molar-refractivity contribution in [3.8, 4) is 0 Å². The Morgan fingerprint density at radius 3 is 2.39 bits per heavy atom. The average Bonchev–Trinajstić information content (AvgIpc) is 2.35. The molecule has 0 N–H and O–H groups in total. The summed E-state index contributed by atoms with van der Waals surface area (Å²) < 4.78 is 6.02. The van der Waals surface area contributed by atoms with Crippen LogP contribution in [0.3, 0.4) is 0 Å². The topological polar surface area (TPSA) is 9.23 Å². The fourth-order valence-electron chi connectivity index (χ4n) is 2.90. The fourth-order valence-corrected chi connectivity index (χ4v) is 3.67. The molecule has 1 aliphatic rings. The van der Waals surface area contributed by atoms with Gasteiger partial charge in [0.25, 0.3) is 0 Å². The van der Waals surface area contributed by atoms with Gasteiger partial charge in [0.15, 0.2) is 0 Å². The number of ether oxygens (including phenoxy) is 1. The van der Waals surface area contributed by atoms with Gasteiger partial charge in [-0.3, -0.25) is 0 Å². The molecule has 1 fully saturated rings. The standard InChI is InChI=1S/C16H24OS/c1-13-10-14(2)12-15(11-13)17-8-9-18-16-6-4-3-5-7-16/h3-7,13-15H,8-12H2,1-2H3. The highest BCUT2D eigenvalue weighted by Crippen LogP contribution is 2.30. The molecule has 1 aliphatic carbocycles. The van der Waals surface area contributed by atoms with Crippen LogP contribution in [-0.2, 0) is 4.74 Å². The normalized spacial score (nSPS) is 28.2. The lowest BCUT2D eigenvalue weighted by Gasteiger charge is -2.31. The molecule has 0 saturated heterocycles. The van der Waals surface area contributed by atoms with E-state index in [1.165, 1.54) is 24.2 Å². The Morgan fingerprint density at radius 1 is 1.06 bits per heavy atom. The minimum atomic E-state index is 0.500. The molecule has 2 heteroatoms. The van der Waals surface area contributed by atoms with Crippen LogP contribution in [0.15, 0.2) is 35.2 Å². The summed E-state index contributed by atoms with van der Waals surface area (Å²) in [7, 11) is 0. The summed E-state index contributed by atoms with van der Waals surface area (Å²) in [5.41, 5.74) is 0. The van der Waals surface area contributed by atoms with E-state index in [4.69, 9.17) is 4.74 Å². The van der Waals surface area contributed by atoms with E-state index in [9.17, 15) is 0 Å². The van der Waals surface area contributed by atoms with E-state index in [1.807, 2.05) is 11.8 Å². The van der Waals surface area contributed by atoms with E-state index in [1.54, 1.807) is 0 Å². The van der Waals surface area contributed by atoms with Gasteiger partial charge in [0.05, 0.1) is 12.7 Å². The van der Waals surface area contributed by atoms with E-state index < -0.39 is 0 Å². The second kappa shape index (κ2) is 7.20. The minimum absolute atomic E-state index is 0.500. The van der Waals surface area contributed by atoms with Crippen LogP contribution >= 0.6 is 11.8 Å². The maximum absolute atomic E-state index is 6.02. The van der Waals surface area contributed by atoms with Crippen LogP contribution in [0.5, 0.6) is 0 Å². The molecule has 0 bridgehead atoms. The Hall–Kier alpha value is -0.470. The van der Waals surface area contributed by atoms with Crippen molar-refractivity contribution in [3.63, 3.8) is 0 Å². The maximum atomic E-state index is 6.02. The van der Waals surface area contributed by atoms with Crippen LogP contribution in [0.4, 0.5) is 0 Å². The summed E-state index contributed by atoms with van der Waals surface area (Å²) in [6.45, 7) is 5.58. The molecule has 0 aliphatic heterocycles. The van der Waals surface area contributed by atoms with Gasteiger partial charge < -0.3 is 4.74 Å². The summed E-state index contributed by atoms with van der Waals surface area (Å²) >= 11 is 1.89. The molecule has 1 aromatic rings. The lowest BCUT2D eigenvalue weighted by molar-refractivity contribution is 0.00918. The maximum Gasteiger partial charge on any atom is 0.0580 e. The molecule has 0 amide bonds. The smallest absolute Gasteiger partial charge is 0.0580 e. The largest absolute Gasteiger partial charge is 0.377 e. The number of hydrogen-bond donors (Lipinski definition) is 0. The SMILES string of the molecule is CC1CC(C)CC(OCCSc2ccccc2)C1. The summed E-state index contributed by atoms with van der Waals surface area (Å²) in [5.74, 6) is 2.73. The first-order chi connectivity index (χ1) is 8.74. The first-order valence-corrected chi connectivity index (χ1v) is 8.02. The molecule has 2 unspecified atom stereocenters. The van der Waals surface area contributed by atoms with Gasteiger partial charge in [-0.25, -0.2) is 0 Å². The Balaban J connectivity index is 1.63. The fraction of sp³-hybridized carbons (Fsp3) is 0.625. The predicted molar refractivity (Wildman–Crippen MR) is 79.1 cm³/mol. The van der Waals surface area contributed by atoms with Crippen molar-refractivity contribution >= 4 is 11.8 Å². The number of thioether (sulfide) groups is 1. The van der Waals surface area contributed by atoms with E-state index in [0.29, 0.717) is 6.10 Å². The van der Waals surface area contributed by atoms with Crippen molar-refractivity contribution in [1.29, 1.82) is 0 Å². The van der Waals surface area contributed by atoms with Crippen molar-refractivity contribution in [2.24, 2.45) is 11.8 Å². The average molecular weight is 264 g/mol. The third-order valence-electron chi connectivity index (χ3n) is 3.58. The molecule has 2 atom stereocenters. The van der Waals surface area contributed by atoms with Crippen molar-refractivity contribution in [1.82, 2.24) is 0 Å². The molecule has 0 aromatic heterocycles. The van der Waals surface area contributed by atoms with Crippen molar-refractivity contribution in [2.45, 2.75) is 44.1 Å². The first kappa shape index (κ1) is 14.0. The molecule has 0 heterocycles. The summed E-state index contributed by atoms with van der Waals surface area (Å²) in [6.07, 6.45) is 4.37. The number of benzene rings is 1. The highest BCUT2D eigenvalue weighted by Gasteiger charge is 2.24. The van der Waals surface area contributed by atoms with Gasteiger partial charge >= 0.3 is 0 Å². The van der Waals surface area contributed by atoms with E-state index in [0.717, 1.165) is 24.2 Å². The van der Waals surface area contributed by atoms with Gasteiger partial charge in [-0.05, 0) is 43.2 Å². The molecule has 1 aromatic carbocycles. The monoisotopic (exact) mass is 264 g/mol. The van der Waals surface area contributed by atoms with Crippen LogP contribution in [-0.4, -0.2) is 18.5 Å². The predicted octanol–water partition coefficient (Wildman–Crippen LogP) is 4.62. The number of hydrogen-bond acceptors (Lipinski definition) is 2. The molecular weight excluding hydrogens is 240 g/mol. The van der Waals surface area contributed by atoms with Gasteiger partial charge in [-0.2, -0.15) is 0 Å². The van der Waals surface area contributed by atoms with Gasteiger partial charge in [-0.15, -0.1) is 11.8 Å². The van der Waals surface area contributed by atoms with Crippen LogP contribution in [0.2, 0.25) is 0 Å². The molecular formula is C16H24OS. The molecule has 2 rings (SSSR count). The van der Waals surface area contributed by atoms with Crippen molar-refractivity contribution < 1.29 is 4.74 Å². The lowest BCUT2D eigenvalue weighted by Crippen LogP contribution is -2.26. The number of rotatable bonds is 5. The second-order valence-electron chi connectivity index (χ2n) is 5.57. The zero-order valence-corrected chi connectivity index (χ0v) is 12.3. The zero-order valence-electron chi connectivity index (χ0n) is 11.5. The van der Waals surface area contributed by atoms with Gasteiger partial charge in [0.2, 0.25) is 0 Å². The van der Waals surface area contributed by atoms with Crippen LogP contribution in [0.25, 0.3) is 0 Å². The summed E-state index contributed by atoms with van der Waals surface area (Å²) in [6, 6.07) is 10.6. The van der Waals surface area contributed by atoms with Crippen molar-refractivity contribution in [2.75, 3.05) is 12.4 Å². The van der Waals surface area contributed by atoms with E-state index in [-0.39, 0.29) is 0 Å². The molecule has 18 heavy (non-hydrogen) atoms. The van der Waals surface area contributed by atoms with Crippen molar-refractivity contribution in [3.05, 3.63) is 30.3 Å². The Labute approximate surface area is 115 Å². The van der Waals surface area contributed by atoms with Crippen LogP contribution in [0.1, 0.15) is 33.1 Å². The highest BCUT2D eigenvalue weighted by atomic mass is 32.2. The molecule has 0 spiro atoms. The Morgan fingerprint density at radius 2 is 1.72 bits per heavy atom. The van der Waals surface area contributed by atoms with E-state index >= 15 is 0 Å². The Kier molecular flexibility index (Phi) is 5.58. The van der Waals surface area contributed by atoms with E-state index in [2.05, 4.69) is 44.2 Å². The third-order valence-corrected chi connectivity index (χ3v) is 4.56. The third kappa shape index (κ3) is 4.66. The van der Waals surface area contributed by atoms with Crippen LogP contribution in [0, 0.1) is 11.8 Å². The van der Waals surface area contributed by atoms with Gasteiger partial charge in [-0.1, -0.05) is 32.0 Å². The minimum Gasteiger partial charge on any atom is -0.377 e. The second-order valence-corrected chi connectivity index (χ2v) is 6.74. The first-order valence-electron chi connectivity index (χ1n) is 7.03. The highest BCUT2D eigenvalue weighted by molar-refractivity contribution is 7.99. The molecule has 1 saturated carbocycles. The molecule has 100 valence electrons. The lowest BCUT2D eigenvalue weighted by atomic mass is 9.82. The van der Waals surface area contributed by atoms with Gasteiger partial charge in [0, 0.05) is 10.6 Å². The Bertz CT molecular complexity index is 328. The summed E-state index contributed by atoms with van der Waals surface area (Å²) in [4.78, 5) is 1.34. The van der Waals surface area contributed by atoms with Crippen LogP contribution < -0.4 is 0 Å². The summed E-state index contributed by atoms with van der Waals surface area (Å²) in [5, 5.41) is 0. The zero-order chi connectivity index (χ0) is 12.8. The quantitative estimate of drug-likeness (QED) is 0.567. The molecule has 1 nitrogen and oxygen atoms in total.